The number of anilines is 1. The van der Waals surface area contributed by atoms with Crippen molar-refractivity contribution in [2.24, 2.45) is 11.7 Å². The summed E-state index contributed by atoms with van der Waals surface area (Å²) in [4.78, 5) is 12.0. The summed E-state index contributed by atoms with van der Waals surface area (Å²) in [7, 11) is 0. The maximum absolute atomic E-state index is 12.0. The van der Waals surface area contributed by atoms with Gasteiger partial charge in [0.15, 0.2) is 0 Å². The number of hydrogen-bond donors (Lipinski definition) is 2. The van der Waals surface area contributed by atoms with Crippen LogP contribution < -0.4 is 11.1 Å². The van der Waals surface area contributed by atoms with Crippen molar-refractivity contribution >= 4 is 11.6 Å². The van der Waals surface area contributed by atoms with Crippen molar-refractivity contribution in [3.8, 4) is 0 Å². The van der Waals surface area contributed by atoms with Crippen LogP contribution in [0.1, 0.15) is 57.9 Å². The monoisotopic (exact) mass is 318 g/mol. The van der Waals surface area contributed by atoms with E-state index in [0.29, 0.717) is 12.5 Å². The second-order valence-electron chi connectivity index (χ2n) is 6.74. The highest BCUT2D eigenvalue weighted by molar-refractivity contribution is 6.00. The summed E-state index contributed by atoms with van der Waals surface area (Å²) < 4.78 is 5.87. The van der Waals surface area contributed by atoms with Crippen LogP contribution in [0.4, 0.5) is 5.69 Å². The molecule has 1 amide bonds. The lowest BCUT2D eigenvalue weighted by Gasteiger charge is -2.15. The van der Waals surface area contributed by atoms with Crippen molar-refractivity contribution in [2.45, 2.75) is 64.5 Å². The standard InChI is InChI=1S/C19H30N2O2/c1-3-5-7-15(4-2)13-23-14-16-8-6-9-17(12-16)21-18(22)19(20)10-11-19/h6,8-9,12,15H,3-5,7,10-11,13-14,20H2,1-2H3,(H,21,22). The summed E-state index contributed by atoms with van der Waals surface area (Å²) in [6.07, 6.45) is 6.46. The number of carbonyl (C=O) groups is 1. The van der Waals surface area contributed by atoms with Crippen LogP contribution in [-0.4, -0.2) is 18.1 Å². The van der Waals surface area contributed by atoms with Crippen LogP contribution in [0.25, 0.3) is 0 Å². The van der Waals surface area contributed by atoms with Gasteiger partial charge in [-0.05, 0) is 42.9 Å². The Bertz CT molecular complexity index is 512. The van der Waals surface area contributed by atoms with Crippen molar-refractivity contribution in [3.05, 3.63) is 29.8 Å². The zero-order valence-corrected chi connectivity index (χ0v) is 14.4. The van der Waals surface area contributed by atoms with E-state index in [-0.39, 0.29) is 5.91 Å². The molecule has 0 spiro atoms. The molecule has 1 fully saturated rings. The number of hydrogen-bond acceptors (Lipinski definition) is 3. The van der Waals surface area contributed by atoms with Gasteiger partial charge < -0.3 is 15.8 Å². The van der Waals surface area contributed by atoms with Crippen molar-refractivity contribution in [3.63, 3.8) is 0 Å². The number of benzene rings is 1. The first-order valence-electron chi connectivity index (χ1n) is 8.84. The number of unbranched alkanes of at least 4 members (excludes halogenated alkanes) is 1. The quantitative estimate of drug-likeness (QED) is 0.688. The number of carbonyl (C=O) groups excluding carboxylic acids is 1. The highest BCUT2D eigenvalue weighted by Gasteiger charge is 2.45. The molecular formula is C19H30N2O2. The summed E-state index contributed by atoms with van der Waals surface area (Å²) in [6, 6.07) is 7.83. The molecule has 0 saturated heterocycles. The van der Waals surface area contributed by atoms with E-state index in [0.717, 1.165) is 37.1 Å². The van der Waals surface area contributed by atoms with Gasteiger partial charge in [0.05, 0.1) is 12.1 Å². The number of rotatable bonds is 10. The van der Waals surface area contributed by atoms with E-state index in [1.54, 1.807) is 0 Å². The van der Waals surface area contributed by atoms with Crippen LogP contribution >= 0.6 is 0 Å². The molecule has 1 aliphatic rings. The third kappa shape index (κ3) is 5.63. The third-order valence-corrected chi connectivity index (χ3v) is 4.59. The molecule has 1 aromatic rings. The highest BCUT2D eigenvalue weighted by Crippen LogP contribution is 2.33. The second kappa shape index (κ2) is 8.46. The first-order valence-corrected chi connectivity index (χ1v) is 8.84. The van der Waals surface area contributed by atoms with Crippen molar-refractivity contribution in [2.75, 3.05) is 11.9 Å². The van der Waals surface area contributed by atoms with Gasteiger partial charge in [-0.2, -0.15) is 0 Å². The summed E-state index contributed by atoms with van der Waals surface area (Å²) >= 11 is 0. The van der Waals surface area contributed by atoms with Crippen LogP contribution in [0, 0.1) is 5.92 Å². The lowest BCUT2D eigenvalue weighted by molar-refractivity contribution is -0.118. The van der Waals surface area contributed by atoms with E-state index < -0.39 is 5.54 Å². The average molecular weight is 318 g/mol. The summed E-state index contributed by atoms with van der Waals surface area (Å²) in [6.45, 7) is 5.83. The largest absolute Gasteiger partial charge is 0.376 e. The van der Waals surface area contributed by atoms with E-state index in [9.17, 15) is 4.79 Å². The van der Waals surface area contributed by atoms with Gasteiger partial charge in [0.1, 0.15) is 0 Å². The molecular weight excluding hydrogens is 288 g/mol. The molecule has 4 heteroatoms. The van der Waals surface area contributed by atoms with E-state index in [1.807, 2.05) is 24.3 Å². The van der Waals surface area contributed by atoms with Gasteiger partial charge in [-0.25, -0.2) is 0 Å². The minimum atomic E-state index is -0.639. The normalized spacial score (nSPS) is 16.8. The smallest absolute Gasteiger partial charge is 0.244 e. The molecule has 2 rings (SSSR count). The Labute approximate surface area is 139 Å². The molecule has 1 saturated carbocycles. The number of amides is 1. The van der Waals surface area contributed by atoms with Crippen molar-refractivity contribution < 1.29 is 9.53 Å². The van der Waals surface area contributed by atoms with Crippen LogP contribution in [0.3, 0.4) is 0 Å². The van der Waals surface area contributed by atoms with Crippen molar-refractivity contribution in [1.29, 1.82) is 0 Å². The van der Waals surface area contributed by atoms with Crippen LogP contribution in [-0.2, 0) is 16.1 Å². The predicted octanol–water partition coefficient (Wildman–Crippen LogP) is 3.85. The van der Waals surface area contributed by atoms with Gasteiger partial charge in [0.2, 0.25) is 5.91 Å². The van der Waals surface area contributed by atoms with E-state index in [1.165, 1.54) is 19.3 Å². The van der Waals surface area contributed by atoms with Gasteiger partial charge >= 0.3 is 0 Å². The van der Waals surface area contributed by atoms with E-state index in [4.69, 9.17) is 10.5 Å². The predicted molar refractivity (Wildman–Crippen MR) is 94.2 cm³/mol. The molecule has 23 heavy (non-hydrogen) atoms. The Morgan fingerprint density at radius 2 is 2.17 bits per heavy atom. The molecule has 0 radical (unpaired) electrons. The Kier molecular flexibility index (Phi) is 6.60. The summed E-state index contributed by atoms with van der Waals surface area (Å²) in [5.41, 5.74) is 7.15. The Morgan fingerprint density at radius 1 is 1.39 bits per heavy atom. The third-order valence-electron chi connectivity index (χ3n) is 4.59. The van der Waals surface area contributed by atoms with Gasteiger partial charge in [-0.1, -0.05) is 45.2 Å². The maximum atomic E-state index is 12.0. The fourth-order valence-corrected chi connectivity index (χ4v) is 2.60. The first-order chi connectivity index (χ1) is 11.1. The molecule has 3 N–H and O–H groups in total. The lowest BCUT2D eigenvalue weighted by Crippen LogP contribution is -2.37. The number of nitrogens with two attached hydrogens (primary N) is 1. The molecule has 1 atom stereocenters. The summed E-state index contributed by atoms with van der Waals surface area (Å²) in [5, 5.41) is 2.90. The van der Waals surface area contributed by atoms with Crippen LogP contribution in [0.5, 0.6) is 0 Å². The molecule has 0 aliphatic heterocycles. The number of ether oxygens (including phenoxy) is 1. The lowest BCUT2D eigenvalue weighted by atomic mass is 10.0. The topological polar surface area (TPSA) is 64.3 Å². The minimum absolute atomic E-state index is 0.0822. The fraction of sp³-hybridized carbons (Fsp3) is 0.632. The molecule has 0 aromatic heterocycles. The van der Waals surface area contributed by atoms with Crippen LogP contribution in [0.15, 0.2) is 24.3 Å². The van der Waals surface area contributed by atoms with E-state index >= 15 is 0 Å². The molecule has 1 aromatic carbocycles. The molecule has 4 nitrogen and oxygen atoms in total. The minimum Gasteiger partial charge on any atom is -0.376 e. The zero-order valence-electron chi connectivity index (χ0n) is 14.4. The molecule has 0 heterocycles. The van der Waals surface area contributed by atoms with Gasteiger partial charge in [0, 0.05) is 12.3 Å². The van der Waals surface area contributed by atoms with E-state index in [2.05, 4.69) is 19.2 Å². The average Bonchev–Trinajstić information content (AvgIpc) is 3.30. The maximum Gasteiger partial charge on any atom is 0.244 e. The van der Waals surface area contributed by atoms with Gasteiger partial charge in [-0.3, -0.25) is 4.79 Å². The van der Waals surface area contributed by atoms with Crippen LogP contribution in [0.2, 0.25) is 0 Å². The fourth-order valence-electron chi connectivity index (χ4n) is 2.60. The molecule has 1 unspecified atom stereocenters. The molecule has 0 bridgehead atoms. The Balaban J connectivity index is 1.79. The molecule has 1 aliphatic carbocycles. The summed E-state index contributed by atoms with van der Waals surface area (Å²) in [5.74, 6) is 0.561. The highest BCUT2D eigenvalue weighted by atomic mass is 16.5. The SMILES string of the molecule is CCCCC(CC)COCc1cccc(NC(=O)C2(N)CC2)c1. The van der Waals surface area contributed by atoms with Crippen molar-refractivity contribution in [1.82, 2.24) is 0 Å². The first kappa shape index (κ1) is 18.0. The number of nitrogens with one attached hydrogen (secondary N) is 1. The molecule has 128 valence electrons. The Hall–Kier alpha value is -1.39. The second-order valence-corrected chi connectivity index (χ2v) is 6.74. The zero-order chi connectivity index (χ0) is 16.7. The Morgan fingerprint density at radius 3 is 2.83 bits per heavy atom. The van der Waals surface area contributed by atoms with Gasteiger partial charge in [-0.15, -0.1) is 0 Å². The van der Waals surface area contributed by atoms with Gasteiger partial charge in [0.25, 0.3) is 0 Å².